The number of hydrogen-bond acceptors (Lipinski definition) is 5. The highest BCUT2D eigenvalue weighted by atomic mass is 16.2. The highest BCUT2D eigenvalue weighted by Gasteiger charge is 2.44. The van der Waals surface area contributed by atoms with Gasteiger partial charge in [-0.3, -0.25) is 24.6 Å². The normalized spacial score (nSPS) is 28.7. The number of nitrogens with one attached hydrogen (secondary N) is 1. The standard InChI is InChI=1S/C24H32N4O3/c25-18-12-24(9-3-1-2-4-10-24)27(15-18)13-16-5-6-17-14-28(23(31)19(17)11-16)20-7-8-21(29)26-22(20)30/h5-6,11,18,20H,1-4,7-10,12-15,25H2,(H,26,29,30). The first kappa shape index (κ1) is 20.6. The summed E-state index contributed by atoms with van der Waals surface area (Å²) in [4.78, 5) is 41.1. The molecule has 2 saturated heterocycles. The van der Waals surface area contributed by atoms with Crippen molar-refractivity contribution in [2.24, 2.45) is 5.73 Å². The molecule has 7 heteroatoms. The van der Waals surface area contributed by atoms with E-state index in [1.165, 1.54) is 38.5 Å². The average molecular weight is 425 g/mol. The molecule has 3 heterocycles. The smallest absolute Gasteiger partial charge is 0.255 e. The summed E-state index contributed by atoms with van der Waals surface area (Å²) in [6.45, 7) is 2.15. The zero-order valence-corrected chi connectivity index (χ0v) is 18.1. The third kappa shape index (κ3) is 3.78. The molecule has 1 saturated carbocycles. The van der Waals surface area contributed by atoms with Gasteiger partial charge in [-0.05, 0) is 42.9 Å². The number of imide groups is 1. The molecular weight excluding hydrogens is 392 g/mol. The maximum Gasteiger partial charge on any atom is 0.255 e. The lowest BCUT2D eigenvalue weighted by molar-refractivity contribution is -0.136. The summed E-state index contributed by atoms with van der Waals surface area (Å²) in [5.41, 5.74) is 9.40. The summed E-state index contributed by atoms with van der Waals surface area (Å²) in [7, 11) is 0. The molecular formula is C24H32N4O3. The molecule has 1 aromatic carbocycles. The Kier molecular flexibility index (Phi) is 5.34. The predicted molar refractivity (Wildman–Crippen MR) is 116 cm³/mol. The zero-order chi connectivity index (χ0) is 21.6. The molecule has 3 aliphatic heterocycles. The number of rotatable bonds is 3. The van der Waals surface area contributed by atoms with E-state index in [-0.39, 0.29) is 35.7 Å². The number of piperidine rings is 1. The molecule has 0 radical (unpaired) electrons. The van der Waals surface area contributed by atoms with Crippen molar-refractivity contribution in [2.45, 2.75) is 88.5 Å². The molecule has 2 atom stereocenters. The summed E-state index contributed by atoms with van der Waals surface area (Å²) < 4.78 is 0. The minimum absolute atomic E-state index is 0.103. The number of fused-ring (bicyclic) bond motifs is 1. The largest absolute Gasteiger partial charge is 0.326 e. The Morgan fingerprint density at radius 2 is 1.87 bits per heavy atom. The molecule has 0 aromatic heterocycles. The molecule has 5 rings (SSSR count). The van der Waals surface area contributed by atoms with Crippen LogP contribution in [0.25, 0.3) is 0 Å². The molecule has 3 fully saturated rings. The van der Waals surface area contributed by atoms with Crippen LogP contribution in [0.1, 0.15) is 79.3 Å². The first-order valence-corrected chi connectivity index (χ1v) is 11.7. The maximum atomic E-state index is 13.1. The Labute approximate surface area is 183 Å². The van der Waals surface area contributed by atoms with Crippen molar-refractivity contribution in [3.05, 3.63) is 34.9 Å². The van der Waals surface area contributed by atoms with Crippen LogP contribution in [0.5, 0.6) is 0 Å². The monoisotopic (exact) mass is 424 g/mol. The van der Waals surface area contributed by atoms with Crippen LogP contribution in [-0.2, 0) is 22.7 Å². The molecule has 3 amide bonds. The lowest BCUT2D eigenvalue weighted by Crippen LogP contribution is -2.52. The Morgan fingerprint density at radius 3 is 2.61 bits per heavy atom. The van der Waals surface area contributed by atoms with Crippen LogP contribution in [0.3, 0.4) is 0 Å². The van der Waals surface area contributed by atoms with Gasteiger partial charge in [-0.25, -0.2) is 0 Å². The van der Waals surface area contributed by atoms with Gasteiger partial charge in [0, 0.05) is 43.2 Å². The van der Waals surface area contributed by atoms with Gasteiger partial charge in [0.2, 0.25) is 11.8 Å². The van der Waals surface area contributed by atoms with Crippen LogP contribution in [0, 0.1) is 0 Å². The van der Waals surface area contributed by atoms with Crippen LogP contribution in [0.2, 0.25) is 0 Å². The number of amides is 3. The van der Waals surface area contributed by atoms with Gasteiger partial charge >= 0.3 is 0 Å². The lowest BCUT2D eigenvalue weighted by Gasteiger charge is -2.38. The summed E-state index contributed by atoms with van der Waals surface area (Å²) >= 11 is 0. The second kappa shape index (κ2) is 8.02. The van der Waals surface area contributed by atoms with Crippen molar-refractivity contribution in [3.8, 4) is 0 Å². The lowest BCUT2D eigenvalue weighted by atomic mass is 9.86. The van der Waals surface area contributed by atoms with E-state index in [4.69, 9.17) is 5.73 Å². The second-order valence-corrected chi connectivity index (χ2v) is 9.87. The highest BCUT2D eigenvalue weighted by Crippen LogP contribution is 2.41. The summed E-state index contributed by atoms with van der Waals surface area (Å²) in [6, 6.07) is 5.82. The van der Waals surface area contributed by atoms with Gasteiger partial charge in [0.1, 0.15) is 6.04 Å². The van der Waals surface area contributed by atoms with E-state index in [9.17, 15) is 14.4 Å². The van der Waals surface area contributed by atoms with Crippen LogP contribution in [-0.4, -0.2) is 51.7 Å². The highest BCUT2D eigenvalue weighted by molar-refractivity contribution is 6.05. The quantitative estimate of drug-likeness (QED) is 0.725. The molecule has 1 spiro atoms. The average Bonchev–Trinajstić information content (AvgIpc) is 3.09. The Morgan fingerprint density at radius 1 is 1.10 bits per heavy atom. The van der Waals surface area contributed by atoms with E-state index < -0.39 is 6.04 Å². The van der Waals surface area contributed by atoms with E-state index >= 15 is 0 Å². The molecule has 0 bridgehead atoms. The molecule has 166 valence electrons. The van der Waals surface area contributed by atoms with Crippen LogP contribution >= 0.6 is 0 Å². The van der Waals surface area contributed by atoms with Gasteiger partial charge in [-0.15, -0.1) is 0 Å². The summed E-state index contributed by atoms with van der Waals surface area (Å²) in [5.74, 6) is -0.725. The second-order valence-electron chi connectivity index (χ2n) is 9.87. The van der Waals surface area contributed by atoms with E-state index in [0.29, 0.717) is 18.5 Å². The van der Waals surface area contributed by atoms with E-state index in [0.717, 1.165) is 30.6 Å². The van der Waals surface area contributed by atoms with E-state index in [1.807, 2.05) is 12.1 Å². The fourth-order valence-corrected chi connectivity index (χ4v) is 6.22. The number of carbonyl (C=O) groups excluding carboxylic acids is 3. The number of hydrogen-bond donors (Lipinski definition) is 2. The zero-order valence-electron chi connectivity index (χ0n) is 18.1. The molecule has 4 aliphatic rings. The number of carbonyl (C=O) groups is 3. The first-order valence-electron chi connectivity index (χ1n) is 11.7. The number of nitrogens with zero attached hydrogens (tertiary/aromatic N) is 2. The van der Waals surface area contributed by atoms with Crippen molar-refractivity contribution >= 4 is 17.7 Å². The van der Waals surface area contributed by atoms with Gasteiger partial charge in [0.25, 0.3) is 5.91 Å². The molecule has 1 aliphatic carbocycles. The number of benzene rings is 1. The van der Waals surface area contributed by atoms with Crippen LogP contribution in [0.15, 0.2) is 18.2 Å². The summed E-state index contributed by atoms with van der Waals surface area (Å²) in [6.07, 6.45) is 9.34. The number of nitrogens with two attached hydrogens (primary N) is 1. The van der Waals surface area contributed by atoms with E-state index in [1.54, 1.807) is 4.90 Å². The Hall–Kier alpha value is -2.25. The van der Waals surface area contributed by atoms with Gasteiger partial charge in [-0.2, -0.15) is 0 Å². The van der Waals surface area contributed by atoms with Crippen LogP contribution in [0.4, 0.5) is 0 Å². The minimum atomic E-state index is -0.563. The van der Waals surface area contributed by atoms with E-state index in [2.05, 4.69) is 16.3 Å². The Bertz CT molecular complexity index is 906. The molecule has 31 heavy (non-hydrogen) atoms. The molecule has 1 aromatic rings. The van der Waals surface area contributed by atoms with Gasteiger partial charge in [0.05, 0.1) is 0 Å². The van der Waals surface area contributed by atoms with Crippen molar-refractivity contribution in [3.63, 3.8) is 0 Å². The van der Waals surface area contributed by atoms with Crippen molar-refractivity contribution in [1.29, 1.82) is 0 Å². The van der Waals surface area contributed by atoms with Gasteiger partial charge < -0.3 is 10.6 Å². The Balaban J connectivity index is 1.34. The van der Waals surface area contributed by atoms with Crippen molar-refractivity contribution in [2.75, 3.05) is 6.54 Å². The predicted octanol–water partition coefficient (Wildman–Crippen LogP) is 2.07. The summed E-state index contributed by atoms with van der Waals surface area (Å²) in [5, 5.41) is 2.37. The molecule has 7 nitrogen and oxygen atoms in total. The maximum absolute atomic E-state index is 13.1. The minimum Gasteiger partial charge on any atom is -0.326 e. The fraction of sp³-hybridized carbons (Fsp3) is 0.625. The molecule has 2 unspecified atom stereocenters. The third-order valence-corrected chi connectivity index (χ3v) is 7.77. The number of likely N-dealkylation sites (tertiary alicyclic amines) is 1. The third-order valence-electron chi connectivity index (χ3n) is 7.77. The van der Waals surface area contributed by atoms with Gasteiger partial charge in [0.15, 0.2) is 0 Å². The van der Waals surface area contributed by atoms with Crippen LogP contribution < -0.4 is 11.1 Å². The molecule has 3 N–H and O–H groups in total. The fourth-order valence-electron chi connectivity index (χ4n) is 6.22. The van der Waals surface area contributed by atoms with Crippen molar-refractivity contribution < 1.29 is 14.4 Å². The van der Waals surface area contributed by atoms with Gasteiger partial charge in [-0.1, -0.05) is 37.8 Å². The SMILES string of the molecule is NC1CN(Cc2ccc3c(c2)C(=O)N(C2CCC(=O)NC2=O)C3)C2(CCCCCC2)C1. The first-order chi connectivity index (χ1) is 14.9. The van der Waals surface area contributed by atoms with Crippen molar-refractivity contribution in [1.82, 2.24) is 15.1 Å². The topological polar surface area (TPSA) is 95.7 Å².